The number of nitrogens with one attached hydrogen (secondary N) is 1. The molecule has 0 aliphatic carbocycles. The summed E-state index contributed by atoms with van der Waals surface area (Å²) in [6.07, 6.45) is -4.50. The second kappa shape index (κ2) is 6.33. The molecule has 0 unspecified atom stereocenters. The van der Waals surface area contributed by atoms with E-state index in [1.807, 2.05) is 0 Å². The van der Waals surface area contributed by atoms with Crippen molar-refractivity contribution in [2.45, 2.75) is 12.6 Å². The maximum absolute atomic E-state index is 12.6. The van der Waals surface area contributed by atoms with Crippen LogP contribution in [-0.2, 0) is 12.6 Å². The molecule has 3 aromatic rings. The van der Waals surface area contributed by atoms with Crippen molar-refractivity contribution in [3.8, 4) is 0 Å². The molecule has 0 radical (unpaired) electrons. The standard InChI is InChI=1S/C17H10ClF3N2O2/c18-15-12-6-3-10(8-13(12)16(25)23-22-15)14(24)7-9-1-4-11(5-2-9)17(19,20)21/h1-6,8H,7H2,(H,23,25). The van der Waals surface area contributed by atoms with Crippen LogP contribution in [0.4, 0.5) is 13.2 Å². The Kier molecular flexibility index (Phi) is 4.34. The van der Waals surface area contributed by atoms with Crippen LogP contribution in [-0.4, -0.2) is 16.0 Å². The Hall–Kier alpha value is -2.67. The van der Waals surface area contributed by atoms with Gasteiger partial charge < -0.3 is 0 Å². The van der Waals surface area contributed by atoms with Crippen molar-refractivity contribution in [3.05, 3.63) is 74.7 Å². The van der Waals surface area contributed by atoms with Crippen LogP contribution < -0.4 is 5.56 Å². The van der Waals surface area contributed by atoms with E-state index in [-0.39, 0.29) is 28.3 Å². The Balaban J connectivity index is 1.87. The van der Waals surface area contributed by atoms with E-state index in [9.17, 15) is 22.8 Å². The van der Waals surface area contributed by atoms with Crippen molar-refractivity contribution in [2.24, 2.45) is 0 Å². The molecule has 0 atom stereocenters. The zero-order valence-corrected chi connectivity index (χ0v) is 13.3. The fraction of sp³-hybridized carbons (Fsp3) is 0.118. The number of H-pyrrole nitrogens is 1. The van der Waals surface area contributed by atoms with Gasteiger partial charge in [-0.2, -0.15) is 18.3 Å². The van der Waals surface area contributed by atoms with E-state index in [0.717, 1.165) is 12.1 Å². The first-order chi connectivity index (χ1) is 11.8. The molecule has 0 spiro atoms. The SMILES string of the molecule is O=C(Cc1ccc(C(F)(F)F)cc1)c1ccc2c(Cl)n[nH]c(=O)c2c1. The minimum atomic E-state index is -4.42. The zero-order valence-electron chi connectivity index (χ0n) is 12.5. The van der Waals surface area contributed by atoms with Gasteiger partial charge in [0.1, 0.15) is 0 Å². The predicted molar refractivity (Wildman–Crippen MR) is 86.9 cm³/mol. The lowest BCUT2D eigenvalue weighted by molar-refractivity contribution is -0.137. The van der Waals surface area contributed by atoms with Gasteiger partial charge in [0.25, 0.3) is 5.56 Å². The molecule has 0 aliphatic heterocycles. The van der Waals surface area contributed by atoms with E-state index in [4.69, 9.17) is 11.6 Å². The van der Waals surface area contributed by atoms with E-state index in [2.05, 4.69) is 10.2 Å². The lowest BCUT2D eigenvalue weighted by Crippen LogP contribution is -2.10. The summed E-state index contributed by atoms with van der Waals surface area (Å²) in [5.41, 5.74) is -0.549. The Morgan fingerprint density at radius 2 is 1.76 bits per heavy atom. The highest BCUT2D eigenvalue weighted by atomic mass is 35.5. The number of rotatable bonds is 3. The number of nitrogens with zero attached hydrogens (tertiary/aromatic N) is 1. The molecular formula is C17H10ClF3N2O2. The third-order valence-corrected chi connectivity index (χ3v) is 4.00. The summed E-state index contributed by atoms with van der Waals surface area (Å²) in [6.45, 7) is 0. The Morgan fingerprint density at radius 3 is 2.40 bits per heavy atom. The number of benzene rings is 2. The molecule has 3 rings (SSSR count). The van der Waals surface area contributed by atoms with Gasteiger partial charge in [0.2, 0.25) is 0 Å². The normalized spacial score (nSPS) is 11.7. The number of hydrogen-bond acceptors (Lipinski definition) is 3. The molecule has 1 N–H and O–H groups in total. The number of carbonyl (C=O) groups excluding carboxylic acids is 1. The monoisotopic (exact) mass is 366 g/mol. The molecule has 0 saturated carbocycles. The molecule has 0 saturated heterocycles. The Morgan fingerprint density at radius 1 is 1.08 bits per heavy atom. The van der Waals surface area contributed by atoms with Crippen LogP contribution in [0.15, 0.2) is 47.3 Å². The molecule has 8 heteroatoms. The van der Waals surface area contributed by atoms with E-state index >= 15 is 0 Å². The molecule has 1 aromatic heterocycles. The quantitative estimate of drug-likeness (QED) is 0.712. The van der Waals surface area contributed by atoms with Crippen LogP contribution in [0.1, 0.15) is 21.5 Å². The number of halogens is 4. The van der Waals surface area contributed by atoms with Gasteiger partial charge in [-0.05, 0) is 23.8 Å². The first-order valence-electron chi connectivity index (χ1n) is 7.13. The Bertz CT molecular complexity index is 1010. The highest BCUT2D eigenvalue weighted by Gasteiger charge is 2.30. The number of Topliss-reactive ketones (excluding diaryl/α,β-unsaturated/α-hetero) is 1. The number of alkyl halides is 3. The molecule has 25 heavy (non-hydrogen) atoms. The highest BCUT2D eigenvalue weighted by molar-refractivity contribution is 6.34. The fourth-order valence-corrected chi connectivity index (χ4v) is 2.61. The average molecular weight is 367 g/mol. The third-order valence-electron chi connectivity index (χ3n) is 3.71. The van der Waals surface area contributed by atoms with Gasteiger partial charge >= 0.3 is 6.18 Å². The van der Waals surface area contributed by atoms with Crippen molar-refractivity contribution < 1.29 is 18.0 Å². The predicted octanol–water partition coefficient (Wildman–Crippen LogP) is 4.02. The molecule has 128 valence electrons. The number of aromatic nitrogens is 2. The van der Waals surface area contributed by atoms with Crippen LogP contribution in [0.5, 0.6) is 0 Å². The molecule has 0 aliphatic rings. The lowest BCUT2D eigenvalue weighted by atomic mass is 10.00. The third kappa shape index (κ3) is 3.56. The van der Waals surface area contributed by atoms with E-state index < -0.39 is 17.3 Å². The summed E-state index contributed by atoms with van der Waals surface area (Å²) in [5, 5.41) is 6.59. The average Bonchev–Trinajstić information content (AvgIpc) is 2.57. The van der Waals surface area contributed by atoms with Gasteiger partial charge in [0.15, 0.2) is 10.9 Å². The summed E-state index contributed by atoms with van der Waals surface area (Å²) in [7, 11) is 0. The van der Waals surface area contributed by atoms with Gasteiger partial charge in [0, 0.05) is 17.4 Å². The second-order valence-electron chi connectivity index (χ2n) is 5.40. The van der Waals surface area contributed by atoms with Crippen molar-refractivity contribution in [1.29, 1.82) is 0 Å². The molecule has 0 amide bonds. The van der Waals surface area contributed by atoms with E-state index in [1.54, 1.807) is 0 Å². The number of carbonyl (C=O) groups is 1. The van der Waals surface area contributed by atoms with Gasteiger partial charge in [0.05, 0.1) is 10.9 Å². The van der Waals surface area contributed by atoms with Gasteiger partial charge in [-0.3, -0.25) is 9.59 Å². The van der Waals surface area contributed by atoms with Crippen molar-refractivity contribution in [1.82, 2.24) is 10.2 Å². The van der Waals surface area contributed by atoms with E-state index in [1.165, 1.54) is 30.3 Å². The van der Waals surface area contributed by atoms with Crippen molar-refractivity contribution in [3.63, 3.8) is 0 Å². The first kappa shape index (κ1) is 17.2. The van der Waals surface area contributed by atoms with Crippen LogP contribution in [0.2, 0.25) is 5.15 Å². The van der Waals surface area contributed by atoms with Crippen LogP contribution >= 0.6 is 11.6 Å². The van der Waals surface area contributed by atoms with Crippen LogP contribution in [0, 0.1) is 0 Å². The molecule has 2 aromatic carbocycles. The largest absolute Gasteiger partial charge is 0.416 e. The highest BCUT2D eigenvalue weighted by Crippen LogP contribution is 2.29. The van der Waals surface area contributed by atoms with Gasteiger partial charge in [-0.25, -0.2) is 5.10 Å². The minimum absolute atomic E-state index is 0.0830. The first-order valence-corrected chi connectivity index (χ1v) is 7.51. The molecule has 0 fully saturated rings. The molecule has 0 bridgehead atoms. The van der Waals surface area contributed by atoms with E-state index in [0.29, 0.717) is 10.9 Å². The number of fused-ring (bicyclic) bond motifs is 1. The number of aromatic amines is 1. The molecular weight excluding hydrogens is 357 g/mol. The fourth-order valence-electron chi connectivity index (χ4n) is 2.40. The van der Waals surface area contributed by atoms with Gasteiger partial charge in [-0.15, -0.1) is 0 Å². The maximum Gasteiger partial charge on any atom is 0.416 e. The summed E-state index contributed by atoms with van der Waals surface area (Å²) in [4.78, 5) is 24.2. The lowest BCUT2D eigenvalue weighted by Gasteiger charge is -2.08. The van der Waals surface area contributed by atoms with Crippen molar-refractivity contribution in [2.75, 3.05) is 0 Å². The summed E-state index contributed by atoms with van der Waals surface area (Å²) >= 11 is 5.88. The summed E-state index contributed by atoms with van der Waals surface area (Å²) in [5.74, 6) is -0.325. The summed E-state index contributed by atoms with van der Waals surface area (Å²) < 4.78 is 37.7. The number of hydrogen-bond donors (Lipinski definition) is 1. The maximum atomic E-state index is 12.6. The minimum Gasteiger partial charge on any atom is -0.294 e. The Labute approximate surface area is 144 Å². The zero-order chi connectivity index (χ0) is 18.2. The van der Waals surface area contributed by atoms with Crippen molar-refractivity contribution >= 4 is 28.2 Å². The van der Waals surface area contributed by atoms with Crippen LogP contribution in [0.3, 0.4) is 0 Å². The second-order valence-corrected chi connectivity index (χ2v) is 5.76. The number of ketones is 1. The molecule has 4 nitrogen and oxygen atoms in total. The topological polar surface area (TPSA) is 62.8 Å². The van der Waals surface area contributed by atoms with Gasteiger partial charge in [-0.1, -0.05) is 35.9 Å². The smallest absolute Gasteiger partial charge is 0.294 e. The molecule has 1 heterocycles. The summed E-state index contributed by atoms with van der Waals surface area (Å²) in [6, 6.07) is 8.79. The van der Waals surface area contributed by atoms with Crippen LogP contribution in [0.25, 0.3) is 10.8 Å².